The zero-order chi connectivity index (χ0) is 13.2. The SMILES string of the molecule is O=C(/C=C/Nc1nc2ccccc2[nH]1)C(F)(F)F. The van der Waals surface area contributed by atoms with Crippen molar-refractivity contribution in [2.24, 2.45) is 0 Å². The third-order valence-corrected chi connectivity index (χ3v) is 2.12. The van der Waals surface area contributed by atoms with Crippen LogP contribution in [0.3, 0.4) is 0 Å². The highest BCUT2D eigenvalue weighted by atomic mass is 19.4. The smallest absolute Gasteiger partial charge is 0.332 e. The Balaban J connectivity index is 2.06. The van der Waals surface area contributed by atoms with Crippen molar-refractivity contribution in [1.29, 1.82) is 0 Å². The number of nitrogens with zero attached hydrogens (tertiary/aromatic N) is 1. The number of rotatable bonds is 3. The van der Waals surface area contributed by atoms with Crippen LogP contribution >= 0.6 is 0 Å². The van der Waals surface area contributed by atoms with Gasteiger partial charge in [0.05, 0.1) is 11.0 Å². The molecule has 2 aromatic rings. The first-order chi connectivity index (χ1) is 8.47. The molecule has 0 aliphatic carbocycles. The number of nitrogens with one attached hydrogen (secondary N) is 2. The number of para-hydroxylation sites is 2. The fourth-order valence-corrected chi connectivity index (χ4v) is 1.31. The van der Waals surface area contributed by atoms with Gasteiger partial charge in [0.2, 0.25) is 5.95 Å². The van der Waals surface area contributed by atoms with Crippen molar-refractivity contribution in [1.82, 2.24) is 9.97 Å². The maximum absolute atomic E-state index is 11.9. The Bertz CT molecular complexity index is 568. The van der Waals surface area contributed by atoms with E-state index in [1.165, 1.54) is 0 Å². The summed E-state index contributed by atoms with van der Waals surface area (Å²) in [6.45, 7) is 0. The first-order valence-electron chi connectivity index (χ1n) is 4.96. The molecule has 94 valence electrons. The number of carbonyl (C=O) groups excluding carboxylic acids is 1. The van der Waals surface area contributed by atoms with Crippen molar-refractivity contribution in [2.75, 3.05) is 5.32 Å². The summed E-state index contributed by atoms with van der Waals surface area (Å²) >= 11 is 0. The fraction of sp³-hybridized carbons (Fsp3) is 0.0909. The van der Waals surface area contributed by atoms with Crippen LogP contribution in [-0.2, 0) is 4.79 Å². The van der Waals surface area contributed by atoms with Gasteiger partial charge in [-0.3, -0.25) is 4.79 Å². The lowest BCUT2D eigenvalue weighted by Gasteiger charge is -1.99. The zero-order valence-corrected chi connectivity index (χ0v) is 8.95. The molecular weight excluding hydrogens is 247 g/mol. The number of aromatic amines is 1. The number of carbonyl (C=O) groups is 1. The highest BCUT2D eigenvalue weighted by Gasteiger charge is 2.35. The number of anilines is 1. The second-order valence-electron chi connectivity index (χ2n) is 3.44. The molecule has 0 bridgehead atoms. The fourth-order valence-electron chi connectivity index (χ4n) is 1.31. The van der Waals surface area contributed by atoms with E-state index < -0.39 is 12.0 Å². The number of halogens is 3. The molecule has 7 heteroatoms. The Hall–Kier alpha value is -2.31. The number of hydrogen-bond donors (Lipinski definition) is 2. The Morgan fingerprint density at radius 2 is 2.06 bits per heavy atom. The number of alkyl halides is 3. The molecule has 0 saturated heterocycles. The first-order valence-corrected chi connectivity index (χ1v) is 4.96. The molecule has 1 aromatic heterocycles. The van der Waals surface area contributed by atoms with Crippen molar-refractivity contribution in [3.05, 3.63) is 36.5 Å². The summed E-state index contributed by atoms with van der Waals surface area (Å²) in [5, 5.41) is 2.47. The molecule has 0 aliphatic rings. The summed E-state index contributed by atoms with van der Waals surface area (Å²) < 4.78 is 35.7. The molecule has 0 amide bonds. The summed E-state index contributed by atoms with van der Waals surface area (Å²) in [5.41, 5.74) is 1.42. The number of fused-ring (bicyclic) bond motifs is 1. The average Bonchev–Trinajstić information content (AvgIpc) is 2.70. The Kier molecular flexibility index (Phi) is 3.05. The van der Waals surface area contributed by atoms with Crippen molar-refractivity contribution >= 4 is 22.8 Å². The lowest BCUT2D eigenvalue weighted by molar-refractivity contribution is -0.165. The van der Waals surface area contributed by atoms with E-state index in [-0.39, 0.29) is 5.95 Å². The molecule has 4 nitrogen and oxygen atoms in total. The molecule has 18 heavy (non-hydrogen) atoms. The van der Waals surface area contributed by atoms with Gasteiger partial charge in [0, 0.05) is 12.3 Å². The first kappa shape index (κ1) is 12.2. The van der Waals surface area contributed by atoms with Gasteiger partial charge in [0.15, 0.2) is 0 Å². The minimum absolute atomic E-state index is 0.266. The quantitative estimate of drug-likeness (QED) is 0.829. The van der Waals surface area contributed by atoms with Gasteiger partial charge in [-0.15, -0.1) is 0 Å². The number of H-pyrrole nitrogens is 1. The van der Waals surface area contributed by atoms with E-state index in [9.17, 15) is 18.0 Å². The summed E-state index contributed by atoms with van der Waals surface area (Å²) in [6.07, 6.45) is -3.55. The lowest BCUT2D eigenvalue weighted by atomic mass is 10.3. The maximum atomic E-state index is 11.9. The van der Waals surface area contributed by atoms with Gasteiger partial charge in [-0.1, -0.05) is 12.1 Å². The van der Waals surface area contributed by atoms with E-state index in [0.717, 1.165) is 11.7 Å². The summed E-state index contributed by atoms with van der Waals surface area (Å²) in [5.74, 6) is -1.66. The number of benzene rings is 1. The molecule has 0 fully saturated rings. The highest BCUT2D eigenvalue weighted by Crippen LogP contribution is 2.17. The molecule has 2 N–H and O–H groups in total. The molecule has 0 aliphatic heterocycles. The van der Waals surface area contributed by atoms with Gasteiger partial charge in [-0.25, -0.2) is 4.98 Å². The monoisotopic (exact) mass is 255 g/mol. The number of hydrogen-bond acceptors (Lipinski definition) is 3. The predicted molar refractivity (Wildman–Crippen MR) is 59.9 cm³/mol. The van der Waals surface area contributed by atoms with Crippen molar-refractivity contribution in [3.8, 4) is 0 Å². The molecule has 2 rings (SSSR count). The summed E-state index contributed by atoms with van der Waals surface area (Å²) in [6, 6.07) is 7.11. The predicted octanol–water partition coefficient (Wildman–Crippen LogP) is 2.62. The Labute approximate surface area is 99.5 Å². The van der Waals surface area contributed by atoms with Crippen molar-refractivity contribution in [2.45, 2.75) is 6.18 Å². The van der Waals surface area contributed by atoms with Gasteiger partial charge in [-0.05, 0) is 12.1 Å². The average molecular weight is 255 g/mol. The van der Waals surface area contributed by atoms with Crippen LogP contribution in [0.4, 0.5) is 19.1 Å². The van der Waals surface area contributed by atoms with E-state index in [0.29, 0.717) is 11.6 Å². The third-order valence-electron chi connectivity index (χ3n) is 2.12. The number of imidazole rings is 1. The van der Waals surface area contributed by atoms with Gasteiger partial charge in [0.1, 0.15) is 0 Å². The number of ketones is 1. The second-order valence-corrected chi connectivity index (χ2v) is 3.44. The summed E-state index contributed by atoms with van der Waals surface area (Å²) in [7, 11) is 0. The second kappa shape index (κ2) is 4.52. The lowest BCUT2D eigenvalue weighted by Crippen LogP contribution is -2.20. The molecule has 0 spiro atoms. The van der Waals surface area contributed by atoms with Gasteiger partial charge < -0.3 is 10.3 Å². The van der Waals surface area contributed by atoms with Gasteiger partial charge >= 0.3 is 6.18 Å². The van der Waals surface area contributed by atoms with Crippen LogP contribution in [0, 0.1) is 0 Å². The Morgan fingerprint density at radius 3 is 2.72 bits per heavy atom. The minimum Gasteiger partial charge on any atom is -0.332 e. The zero-order valence-electron chi connectivity index (χ0n) is 8.95. The molecule has 0 atom stereocenters. The van der Waals surface area contributed by atoms with E-state index >= 15 is 0 Å². The molecule has 1 heterocycles. The van der Waals surface area contributed by atoms with Crippen LogP contribution in [-0.4, -0.2) is 21.9 Å². The highest BCUT2D eigenvalue weighted by molar-refractivity contribution is 5.94. The standard InChI is InChI=1S/C11H8F3N3O/c12-11(13,14)9(18)5-6-15-10-16-7-3-1-2-4-8(7)17-10/h1-6H,(H2,15,16,17)/b6-5+. The van der Waals surface area contributed by atoms with Crippen LogP contribution in [0.15, 0.2) is 36.5 Å². The molecule has 1 aromatic carbocycles. The minimum atomic E-state index is -4.86. The maximum Gasteiger partial charge on any atom is 0.454 e. The number of aromatic nitrogens is 2. The molecule has 0 saturated carbocycles. The van der Waals surface area contributed by atoms with E-state index in [1.807, 2.05) is 0 Å². The number of allylic oxidation sites excluding steroid dienone is 1. The van der Waals surface area contributed by atoms with E-state index in [4.69, 9.17) is 0 Å². The largest absolute Gasteiger partial charge is 0.454 e. The van der Waals surface area contributed by atoms with E-state index in [2.05, 4.69) is 15.3 Å². The van der Waals surface area contributed by atoms with Crippen LogP contribution in [0.5, 0.6) is 0 Å². The Morgan fingerprint density at radius 1 is 1.33 bits per heavy atom. The third kappa shape index (κ3) is 2.68. The van der Waals surface area contributed by atoms with Crippen LogP contribution < -0.4 is 5.32 Å². The van der Waals surface area contributed by atoms with Crippen molar-refractivity contribution < 1.29 is 18.0 Å². The molecule has 0 radical (unpaired) electrons. The topological polar surface area (TPSA) is 57.8 Å². The van der Waals surface area contributed by atoms with Crippen LogP contribution in [0.25, 0.3) is 11.0 Å². The molecule has 0 unspecified atom stereocenters. The van der Waals surface area contributed by atoms with Crippen LogP contribution in [0.2, 0.25) is 0 Å². The summed E-state index contributed by atoms with van der Waals surface area (Å²) in [4.78, 5) is 17.4. The molecular formula is C11H8F3N3O. The van der Waals surface area contributed by atoms with Crippen LogP contribution in [0.1, 0.15) is 0 Å². The van der Waals surface area contributed by atoms with Crippen molar-refractivity contribution in [3.63, 3.8) is 0 Å². The van der Waals surface area contributed by atoms with Gasteiger partial charge in [-0.2, -0.15) is 13.2 Å². The van der Waals surface area contributed by atoms with Gasteiger partial charge in [0.25, 0.3) is 5.78 Å². The van der Waals surface area contributed by atoms with E-state index in [1.54, 1.807) is 24.3 Å². The normalized spacial score (nSPS) is 12.2.